The highest BCUT2D eigenvalue weighted by Crippen LogP contribution is 2.49. The maximum absolute atomic E-state index is 11.9. The highest BCUT2D eigenvalue weighted by Gasteiger charge is 2.64. The maximum Gasteiger partial charge on any atom is 0.312 e. The van der Waals surface area contributed by atoms with Gasteiger partial charge in [-0.3, -0.25) is 4.79 Å². The van der Waals surface area contributed by atoms with Gasteiger partial charge in [-0.15, -0.1) is 0 Å². The standard InChI is InChI=1S/C12H20O5/c1-5-15-10(14)7-6-8(13)9-12(7,4)17-11(2,3)16-9/h7-9,13H,5-6H2,1-4H3/t7-,8-,9?,12?/m1/s1. The summed E-state index contributed by atoms with van der Waals surface area (Å²) < 4.78 is 16.5. The van der Waals surface area contributed by atoms with Crippen LogP contribution in [0.4, 0.5) is 0 Å². The van der Waals surface area contributed by atoms with Crippen molar-refractivity contribution >= 4 is 5.97 Å². The first-order valence-corrected chi connectivity index (χ1v) is 6.03. The molecule has 1 aliphatic carbocycles. The number of ether oxygens (including phenoxy) is 3. The third-order valence-electron chi connectivity index (χ3n) is 3.53. The van der Waals surface area contributed by atoms with E-state index in [1.54, 1.807) is 20.8 Å². The van der Waals surface area contributed by atoms with Crippen LogP contribution >= 0.6 is 0 Å². The highest BCUT2D eigenvalue weighted by molar-refractivity contribution is 5.75. The van der Waals surface area contributed by atoms with E-state index in [2.05, 4.69) is 0 Å². The number of esters is 1. The molecule has 2 rings (SSSR count). The van der Waals surface area contributed by atoms with Crippen molar-refractivity contribution in [3.05, 3.63) is 0 Å². The number of carbonyl (C=O) groups is 1. The van der Waals surface area contributed by atoms with Crippen molar-refractivity contribution in [2.45, 2.75) is 57.7 Å². The molecule has 4 atom stereocenters. The van der Waals surface area contributed by atoms with Crippen molar-refractivity contribution in [3.63, 3.8) is 0 Å². The molecule has 2 aliphatic rings. The average Bonchev–Trinajstić information content (AvgIpc) is 2.56. The molecule has 17 heavy (non-hydrogen) atoms. The molecule has 0 aromatic rings. The van der Waals surface area contributed by atoms with Gasteiger partial charge < -0.3 is 19.3 Å². The zero-order valence-corrected chi connectivity index (χ0v) is 10.7. The van der Waals surface area contributed by atoms with Crippen molar-refractivity contribution < 1.29 is 24.1 Å². The summed E-state index contributed by atoms with van der Waals surface area (Å²) in [5.41, 5.74) is -0.796. The molecule has 5 heteroatoms. The van der Waals surface area contributed by atoms with Gasteiger partial charge in [-0.1, -0.05) is 0 Å². The van der Waals surface area contributed by atoms with Crippen LogP contribution in [-0.2, 0) is 19.0 Å². The van der Waals surface area contributed by atoms with E-state index in [0.29, 0.717) is 13.0 Å². The van der Waals surface area contributed by atoms with E-state index in [-0.39, 0.29) is 5.97 Å². The Morgan fingerprint density at radius 2 is 2.12 bits per heavy atom. The molecular formula is C12H20O5. The number of hydrogen-bond donors (Lipinski definition) is 1. The molecule has 98 valence electrons. The molecule has 0 amide bonds. The smallest absolute Gasteiger partial charge is 0.312 e. The summed E-state index contributed by atoms with van der Waals surface area (Å²) in [5, 5.41) is 9.97. The van der Waals surface area contributed by atoms with E-state index in [4.69, 9.17) is 14.2 Å². The molecule has 0 aromatic carbocycles. The van der Waals surface area contributed by atoms with Crippen LogP contribution in [0.15, 0.2) is 0 Å². The Bertz CT molecular complexity index is 327. The van der Waals surface area contributed by atoms with Gasteiger partial charge in [0.05, 0.1) is 18.6 Å². The lowest BCUT2D eigenvalue weighted by molar-refractivity contribution is -0.188. The predicted octanol–water partition coefficient (Wildman–Crippen LogP) is 0.840. The van der Waals surface area contributed by atoms with Crippen LogP contribution in [0.3, 0.4) is 0 Å². The fourth-order valence-electron chi connectivity index (χ4n) is 2.94. The second-order valence-electron chi connectivity index (χ2n) is 5.33. The van der Waals surface area contributed by atoms with Crippen LogP contribution in [-0.4, -0.2) is 41.3 Å². The first-order chi connectivity index (χ1) is 7.80. The average molecular weight is 244 g/mol. The minimum absolute atomic E-state index is 0.321. The molecule has 1 saturated carbocycles. The monoisotopic (exact) mass is 244 g/mol. The minimum atomic E-state index is -0.796. The Balaban J connectivity index is 2.23. The SMILES string of the molecule is CCOC(=O)[C@H]1C[C@@H](O)C2OC(C)(C)OC21C. The van der Waals surface area contributed by atoms with Crippen LogP contribution in [0.5, 0.6) is 0 Å². The zero-order chi connectivity index (χ0) is 12.8. The number of carbonyl (C=O) groups excluding carboxylic acids is 1. The van der Waals surface area contributed by atoms with Gasteiger partial charge in [0, 0.05) is 0 Å². The Kier molecular flexibility index (Phi) is 2.96. The lowest BCUT2D eigenvalue weighted by atomic mass is 9.91. The summed E-state index contributed by atoms with van der Waals surface area (Å²) >= 11 is 0. The fourth-order valence-corrected chi connectivity index (χ4v) is 2.94. The number of hydrogen-bond acceptors (Lipinski definition) is 5. The van der Waals surface area contributed by atoms with Crippen molar-refractivity contribution in [2.24, 2.45) is 5.92 Å². The molecule has 0 radical (unpaired) electrons. The first-order valence-electron chi connectivity index (χ1n) is 6.03. The highest BCUT2D eigenvalue weighted by atomic mass is 16.8. The zero-order valence-electron chi connectivity index (χ0n) is 10.7. The Hall–Kier alpha value is -0.650. The Morgan fingerprint density at radius 1 is 1.47 bits per heavy atom. The van der Waals surface area contributed by atoms with E-state index in [9.17, 15) is 9.90 Å². The molecule has 5 nitrogen and oxygen atoms in total. The van der Waals surface area contributed by atoms with E-state index in [1.165, 1.54) is 0 Å². The van der Waals surface area contributed by atoms with Crippen LogP contribution in [0, 0.1) is 5.92 Å². The van der Waals surface area contributed by atoms with Crippen molar-refractivity contribution in [1.29, 1.82) is 0 Å². The van der Waals surface area contributed by atoms with Crippen molar-refractivity contribution in [2.75, 3.05) is 6.61 Å². The number of fused-ring (bicyclic) bond motifs is 1. The molecule has 1 aliphatic heterocycles. The Labute approximate surface area is 101 Å². The summed E-state index contributed by atoms with van der Waals surface area (Å²) in [5.74, 6) is -1.56. The normalized spacial score (nSPS) is 43.5. The predicted molar refractivity (Wildman–Crippen MR) is 59.2 cm³/mol. The number of rotatable bonds is 2. The molecule has 0 spiro atoms. The summed E-state index contributed by atoms with van der Waals surface area (Å²) in [6.07, 6.45) is -0.820. The lowest BCUT2D eigenvalue weighted by Gasteiger charge is -2.29. The van der Waals surface area contributed by atoms with E-state index in [1.807, 2.05) is 6.92 Å². The summed E-state index contributed by atoms with van der Waals surface area (Å²) in [7, 11) is 0. The molecular weight excluding hydrogens is 224 g/mol. The largest absolute Gasteiger partial charge is 0.466 e. The second-order valence-corrected chi connectivity index (χ2v) is 5.33. The van der Waals surface area contributed by atoms with Crippen LogP contribution in [0.25, 0.3) is 0 Å². The summed E-state index contributed by atoms with van der Waals surface area (Å²) in [4.78, 5) is 11.9. The van der Waals surface area contributed by atoms with Gasteiger partial charge in [0.1, 0.15) is 11.7 Å². The van der Waals surface area contributed by atoms with Crippen LogP contribution < -0.4 is 0 Å². The topological polar surface area (TPSA) is 65.0 Å². The van der Waals surface area contributed by atoms with Gasteiger partial charge >= 0.3 is 5.97 Å². The molecule has 1 saturated heterocycles. The summed E-state index contributed by atoms with van der Waals surface area (Å²) in [6.45, 7) is 7.47. The number of aliphatic hydroxyl groups is 1. The third-order valence-corrected chi connectivity index (χ3v) is 3.53. The molecule has 0 bridgehead atoms. The van der Waals surface area contributed by atoms with Gasteiger partial charge in [0.15, 0.2) is 5.79 Å². The molecule has 2 unspecified atom stereocenters. The van der Waals surface area contributed by atoms with E-state index >= 15 is 0 Å². The third kappa shape index (κ3) is 1.96. The van der Waals surface area contributed by atoms with Gasteiger partial charge in [-0.05, 0) is 34.1 Å². The van der Waals surface area contributed by atoms with Gasteiger partial charge in [0.2, 0.25) is 0 Å². The van der Waals surface area contributed by atoms with Gasteiger partial charge in [-0.2, -0.15) is 0 Å². The van der Waals surface area contributed by atoms with Crippen molar-refractivity contribution in [3.8, 4) is 0 Å². The molecule has 0 aromatic heterocycles. The quantitative estimate of drug-likeness (QED) is 0.729. The van der Waals surface area contributed by atoms with Crippen LogP contribution in [0.2, 0.25) is 0 Å². The molecule has 1 heterocycles. The van der Waals surface area contributed by atoms with Gasteiger partial charge in [0.25, 0.3) is 0 Å². The van der Waals surface area contributed by atoms with E-state index in [0.717, 1.165) is 0 Å². The lowest BCUT2D eigenvalue weighted by Crippen LogP contribution is -2.44. The molecule has 2 fully saturated rings. The molecule has 1 N–H and O–H groups in total. The first kappa shape index (κ1) is 12.8. The van der Waals surface area contributed by atoms with Crippen molar-refractivity contribution in [1.82, 2.24) is 0 Å². The van der Waals surface area contributed by atoms with Gasteiger partial charge in [-0.25, -0.2) is 0 Å². The number of aliphatic hydroxyl groups excluding tert-OH is 1. The second kappa shape index (κ2) is 3.93. The van der Waals surface area contributed by atoms with Crippen LogP contribution in [0.1, 0.15) is 34.1 Å². The fraction of sp³-hybridized carbons (Fsp3) is 0.917. The summed E-state index contributed by atoms with van der Waals surface area (Å²) in [6, 6.07) is 0. The minimum Gasteiger partial charge on any atom is -0.466 e. The van der Waals surface area contributed by atoms with E-state index < -0.39 is 29.5 Å². The Morgan fingerprint density at radius 3 is 2.71 bits per heavy atom. The maximum atomic E-state index is 11.9.